The van der Waals surface area contributed by atoms with Crippen molar-refractivity contribution < 1.29 is 14.3 Å². The molecule has 2 aliphatic rings. The largest absolute Gasteiger partial charge is 0.374 e. The Labute approximate surface area is 103 Å². The van der Waals surface area contributed by atoms with Gasteiger partial charge in [0, 0.05) is 27.3 Å². The highest BCUT2D eigenvalue weighted by atomic mass is 16.5. The minimum atomic E-state index is 0.0363. The minimum Gasteiger partial charge on any atom is -0.374 e. The molecule has 0 aromatic heterocycles. The standard InChI is InChI=1S/C12H22N2O3/c1-4-16-10-8-14(12(15)13(2)3)9-6-5-7-17-11(9)10/h9-11H,4-8H2,1-3H3/t9-,10+,11+/m1/s1. The summed E-state index contributed by atoms with van der Waals surface area (Å²) < 4.78 is 11.5. The number of likely N-dealkylation sites (tertiary alicyclic amines) is 1. The molecule has 2 fully saturated rings. The van der Waals surface area contributed by atoms with Gasteiger partial charge in [0.2, 0.25) is 0 Å². The van der Waals surface area contributed by atoms with E-state index in [2.05, 4.69) is 0 Å². The summed E-state index contributed by atoms with van der Waals surface area (Å²) in [4.78, 5) is 15.6. The van der Waals surface area contributed by atoms with Crippen LogP contribution in [0.5, 0.6) is 0 Å². The topological polar surface area (TPSA) is 42.0 Å². The van der Waals surface area contributed by atoms with Gasteiger partial charge in [-0.05, 0) is 19.8 Å². The summed E-state index contributed by atoms with van der Waals surface area (Å²) in [6.07, 6.45) is 2.15. The summed E-state index contributed by atoms with van der Waals surface area (Å²) >= 11 is 0. The highest BCUT2D eigenvalue weighted by Crippen LogP contribution is 2.31. The Kier molecular flexibility index (Phi) is 3.89. The summed E-state index contributed by atoms with van der Waals surface area (Å²) in [7, 11) is 3.57. The summed E-state index contributed by atoms with van der Waals surface area (Å²) in [5.74, 6) is 0. The highest BCUT2D eigenvalue weighted by molar-refractivity contribution is 5.74. The Hall–Kier alpha value is -0.810. The van der Waals surface area contributed by atoms with E-state index in [-0.39, 0.29) is 24.3 Å². The average Bonchev–Trinajstić information content (AvgIpc) is 2.68. The van der Waals surface area contributed by atoms with Crippen molar-refractivity contribution in [3.8, 4) is 0 Å². The summed E-state index contributed by atoms with van der Waals surface area (Å²) in [5, 5.41) is 0. The summed E-state index contributed by atoms with van der Waals surface area (Å²) in [5.41, 5.74) is 0. The maximum atomic E-state index is 12.1. The molecule has 0 radical (unpaired) electrons. The fourth-order valence-corrected chi connectivity index (χ4v) is 2.75. The molecule has 2 amide bonds. The smallest absolute Gasteiger partial charge is 0.319 e. The molecule has 0 aromatic rings. The van der Waals surface area contributed by atoms with Crippen molar-refractivity contribution in [3.05, 3.63) is 0 Å². The fraction of sp³-hybridized carbons (Fsp3) is 0.917. The third-order valence-corrected chi connectivity index (χ3v) is 3.49. The molecule has 3 atom stereocenters. The number of urea groups is 1. The van der Waals surface area contributed by atoms with Crippen LogP contribution in [0, 0.1) is 0 Å². The van der Waals surface area contributed by atoms with E-state index < -0.39 is 0 Å². The molecule has 2 aliphatic heterocycles. The molecule has 17 heavy (non-hydrogen) atoms. The molecule has 2 saturated heterocycles. The monoisotopic (exact) mass is 242 g/mol. The van der Waals surface area contributed by atoms with E-state index in [4.69, 9.17) is 9.47 Å². The normalized spacial score (nSPS) is 32.4. The average molecular weight is 242 g/mol. The number of nitrogens with zero attached hydrogens (tertiary/aromatic N) is 2. The van der Waals surface area contributed by atoms with E-state index >= 15 is 0 Å². The number of carbonyl (C=O) groups is 1. The maximum Gasteiger partial charge on any atom is 0.319 e. The van der Waals surface area contributed by atoms with Gasteiger partial charge in [0.15, 0.2) is 0 Å². The van der Waals surface area contributed by atoms with E-state index in [9.17, 15) is 4.79 Å². The van der Waals surface area contributed by atoms with Gasteiger partial charge >= 0.3 is 6.03 Å². The second-order valence-electron chi connectivity index (χ2n) is 4.87. The van der Waals surface area contributed by atoms with Crippen molar-refractivity contribution in [2.75, 3.05) is 33.9 Å². The molecule has 5 heteroatoms. The molecule has 0 spiro atoms. The van der Waals surface area contributed by atoms with Gasteiger partial charge in [-0.25, -0.2) is 4.79 Å². The second kappa shape index (κ2) is 5.23. The lowest BCUT2D eigenvalue weighted by atomic mass is 10.0. The Balaban J connectivity index is 2.10. The zero-order chi connectivity index (χ0) is 12.4. The molecule has 0 N–H and O–H groups in total. The number of hydrogen-bond donors (Lipinski definition) is 0. The second-order valence-corrected chi connectivity index (χ2v) is 4.87. The Morgan fingerprint density at radius 2 is 2.29 bits per heavy atom. The lowest BCUT2D eigenvalue weighted by Gasteiger charge is -2.33. The first-order chi connectivity index (χ1) is 8.15. The van der Waals surface area contributed by atoms with E-state index in [1.54, 1.807) is 19.0 Å². The SMILES string of the molecule is CCO[C@H]1CN(C(=O)N(C)C)[C@@H]2CCCO[C@H]12. The van der Waals surface area contributed by atoms with E-state index in [1.807, 2.05) is 11.8 Å². The van der Waals surface area contributed by atoms with Gasteiger partial charge in [-0.3, -0.25) is 0 Å². The van der Waals surface area contributed by atoms with Crippen LogP contribution in [0.15, 0.2) is 0 Å². The molecule has 5 nitrogen and oxygen atoms in total. The number of rotatable bonds is 2. The van der Waals surface area contributed by atoms with Crippen LogP contribution in [-0.4, -0.2) is 67.9 Å². The molecule has 0 aliphatic carbocycles. The van der Waals surface area contributed by atoms with Gasteiger partial charge in [-0.2, -0.15) is 0 Å². The number of hydrogen-bond acceptors (Lipinski definition) is 3. The van der Waals surface area contributed by atoms with Gasteiger partial charge in [-0.1, -0.05) is 0 Å². The lowest BCUT2D eigenvalue weighted by Crippen LogP contribution is -2.47. The zero-order valence-corrected chi connectivity index (χ0v) is 10.9. The molecule has 0 bridgehead atoms. The maximum absolute atomic E-state index is 12.1. The molecular formula is C12H22N2O3. The zero-order valence-electron chi connectivity index (χ0n) is 10.9. The van der Waals surface area contributed by atoms with Gasteiger partial charge in [0.25, 0.3) is 0 Å². The van der Waals surface area contributed by atoms with Crippen molar-refractivity contribution >= 4 is 6.03 Å². The Morgan fingerprint density at radius 1 is 1.53 bits per heavy atom. The van der Waals surface area contributed by atoms with Crippen molar-refractivity contribution in [2.24, 2.45) is 0 Å². The first kappa shape index (κ1) is 12.6. The molecule has 0 aromatic carbocycles. The first-order valence-electron chi connectivity index (χ1n) is 6.36. The number of amides is 2. The molecule has 0 saturated carbocycles. The molecule has 0 unspecified atom stereocenters. The number of ether oxygens (including phenoxy) is 2. The molecular weight excluding hydrogens is 220 g/mol. The van der Waals surface area contributed by atoms with Gasteiger partial charge in [0.05, 0.1) is 12.6 Å². The van der Waals surface area contributed by atoms with Crippen LogP contribution in [0.25, 0.3) is 0 Å². The number of carbonyl (C=O) groups excluding carboxylic acids is 1. The lowest BCUT2D eigenvalue weighted by molar-refractivity contribution is -0.0737. The Morgan fingerprint density at radius 3 is 2.94 bits per heavy atom. The van der Waals surface area contributed by atoms with Crippen LogP contribution in [0.1, 0.15) is 19.8 Å². The van der Waals surface area contributed by atoms with Crippen LogP contribution in [-0.2, 0) is 9.47 Å². The molecule has 2 rings (SSSR count). The fourth-order valence-electron chi connectivity index (χ4n) is 2.75. The first-order valence-corrected chi connectivity index (χ1v) is 6.36. The van der Waals surface area contributed by atoms with Gasteiger partial charge in [-0.15, -0.1) is 0 Å². The summed E-state index contributed by atoms with van der Waals surface area (Å²) in [6, 6.07) is 0.253. The molecule has 2 heterocycles. The van der Waals surface area contributed by atoms with E-state index in [0.29, 0.717) is 13.2 Å². The third kappa shape index (κ3) is 2.40. The van der Waals surface area contributed by atoms with Crippen molar-refractivity contribution in [1.82, 2.24) is 9.80 Å². The minimum absolute atomic E-state index is 0.0363. The van der Waals surface area contributed by atoms with Crippen LogP contribution in [0.3, 0.4) is 0 Å². The predicted octanol–water partition coefficient (Wildman–Crippen LogP) is 0.936. The van der Waals surface area contributed by atoms with E-state index in [0.717, 1.165) is 19.4 Å². The van der Waals surface area contributed by atoms with Crippen molar-refractivity contribution in [1.29, 1.82) is 0 Å². The third-order valence-electron chi connectivity index (χ3n) is 3.49. The predicted molar refractivity (Wildman–Crippen MR) is 64.0 cm³/mol. The van der Waals surface area contributed by atoms with Crippen LogP contribution < -0.4 is 0 Å². The van der Waals surface area contributed by atoms with Crippen molar-refractivity contribution in [3.63, 3.8) is 0 Å². The van der Waals surface area contributed by atoms with Gasteiger partial charge < -0.3 is 19.3 Å². The van der Waals surface area contributed by atoms with Crippen LogP contribution in [0.4, 0.5) is 4.79 Å². The quantitative estimate of drug-likeness (QED) is 0.723. The summed E-state index contributed by atoms with van der Waals surface area (Å²) in [6.45, 7) is 4.09. The number of fused-ring (bicyclic) bond motifs is 1. The van der Waals surface area contributed by atoms with Crippen LogP contribution in [0.2, 0.25) is 0 Å². The Bertz CT molecular complexity index is 283. The van der Waals surface area contributed by atoms with Crippen LogP contribution >= 0.6 is 0 Å². The highest BCUT2D eigenvalue weighted by Gasteiger charge is 2.46. The van der Waals surface area contributed by atoms with Crippen molar-refractivity contribution in [2.45, 2.75) is 38.0 Å². The van der Waals surface area contributed by atoms with E-state index in [1.165, 1.54) is 0 Å². The van der Waals surface area contributed by atoms with Gasteiger partial charge in [0.1, 0.15) is 12.2 Å². The molecule has 98 valence electrons.